The lowest BCUT2D eigenvalue weighted by molar-refractivity contribution is -0.142. The normalized spacial score (nSPS) is 20.0. The molecule has 1 aromatic carbocycles. The molecule has 148 valence electrons. The summed E-state index contributed by atoms with van der Waals surface area (Å²) in [4.78, 5) is 30.4. The zero-order valence-electron chi connectivity index (χ0n) is 15.8. The van der Waals surface area contributed by atoms with Gasteiger partial charge in [-0.2, -0.15) is 0 Å². The number of nitrogens with zero attached hydrogens (tertiary/aromatic N) is 3. The van der Waals surface area contributed by atoms with Gasteiger partial charge in [0.05, 0.1) is 32.3 Å². The van der Waals surface area contributed by atoms with Crippen molar-refractivity contribution in [2.75, 3.05) is 57.9 Å². The number of methoxy groups -OCH3 is 1. The topological polar surface area (TPSA) is 62.3 Å². The molecular formula is C19H26ClN3O4. The van der Waals surface area contributed by atoms with Crippen molar-refractivity contribution < 1.29 is 19.1 Å². The monoisotopic (exact) mass is 395 g/mol. The average molecular weight is 396 g/mol. The molecule has 3 rings (SSSR count). The third-order valence-electron chi connectivity index (χ3n) is 5.10. The van der Waals surface area contributed by atoms with Gasteiger partial charge < -0.3 is 19.3 Å². The van der Waals surface area contributed by atoms with Crippen LogP contribution in [0.15, 0.2) is 18.2 Å². The first kappa shape index (κ1) is 19.8. The van der Waals surface area contributed by atoms with Crippen LogP contribution < -0.4 is 9.64 Å². The molecule has 0 aromatic heterocycles. The molecule has 2 aliphatic heterocycles. The van der Waals surface area contributed by atoms with Crippen LogP contribution >= 0.6 is 11.6 Å². The van der Waals surface area contributed by atoms with E-state index in [0.29, 0.717) is 44.2 Å². The minimum Gasteiger partial charge on any atom is -0.490 e. The van der Waals surface area contributed by atoms with Crippen molar-refractivity contribution in [3.8, 4) is 5.75 Å². The number of piperazine rings is 1. The van der Waals surface area contributed by atoms with Crippen LogP contribution in [0, 0.1) is 0 Å². The molecule has 0 bridgehead atoms. The third-order valence-corrected chi connectivity index (χ3v) is 5.33. The van der Waals surface area contributed by atoms with E-state index in [4.69, 9.17) is 21.1 Å². The standard InChI is InChI=1S/C19H26ClN3O4/c1-14-12-21(6-5-19(25)26-2)7-8-23(14)18(24)13-22-9-10-27-17-4-3-15(20)11-16(17)22/h3-4,11,14H,5-10,12-13H2,1-2H3. The van der Waals surface area contributed by atoms with Crippen LogP contribution in [-0.4, -0.2) is 80.7 Å². The first-order valence-corrected chi connectivity index (χ1v) is 9.61. The van der Waals surface area contributed by atoms with Crippen LogP contribution in [0.25, 0.3) is 0 Å². The Morgan fingerprint density at radius 1 is 1.30 bits per heavy atom. The van der Waals surface area contributed by atoms with Gasteiger partial charge in [0.15, 0.2) is 0 Å². The second-order valence-electron chi connectivity index (χ2n) is 6.94. The summed E-state index contributed by atoms with van der Waals surface area (Å²) in [5.41, 5.74) is 0.867. The summed E-state index contributed by atoms with van der Waals surface area (Å²) >= 11 is 6.11. The molecule has 8 heteroatoms. The average Bonchev–Trinajstić information content (AvgIpc) is 2.66. The number of hydrogen-bond acceptors (Lipinski definition) is 6. The highest BCUT2D eigenvalue weighted by Crippen LogP contribution is 2.33. The molecule has 27 heavy (non-hydrogen) atoms. The lowest BCUT2D eigenvalue weighted by atomic mass is 10.1. The lowest BCUT2D eigenvalue weighted by Gasteiger charge is -2.41. The quantitative estimate of drug-likeness (QED) is 0.706. The molecule has 0 aliphatic carbocycles. The predicted octanol–water partition coefficient (Wildman–Crippen LogP) is 1.63. The van der Waals surface area contributed by atoms with Gasteiger partial charge in [0.1, 0.15) is 12.4 Å². The van der Waals surface area contributed by atoms with Crippen molar-refractivity contribution in [3.05, 3.63) is 23.2 Å². The number of esters is 1. The molecule has 0 spiro atoms. The number of carbonyl (C=O) groups is 2. The number of rotatable bonds is 5. The Morgan fingerprint density at radius 2 is 2.11 bits per heavy atom. The number of carbonyl (C=O) groups excluding carboxylic acids is 2. The number of halogens is 1. The van der Waals surface area contributed by atoms with Crippen molar-refractivity contribution in [3.63, 3.8) is 0 Å². The molecule has 0 radical (unpaired) electrons. The highest BCUT2D eigenvalue weighted by molar-refractivity contribution is 6.31. The van der Waals surface area contributed by atoms with E-state index in [-0.39, 0.29) is 17.9 Å². The van der Waals surface area contributed by atoms with Gasteiger partial charge in [-0.1, -0.05) is 11.6 Å². The van der Waals surface area contributed by atoms with E-state index in [2.05, 4.69) is 4.90 Å². The summed E-state index contributed by atoms with van der Waals surface area (Å²) in [6.07, 6.45) is 0.377. The van der Waals surface area contributed by atoms with Crippen LogP contribution in [0.1, 0.15) is 13.3 Å². The second-order valence-corrected chi connectivity index (χ2v) is 7.38. The molecule has 0 saturated carbocycles. The fourth-order valence-electron chi connectivity index (χ4n) is 3.62. The zero-order chi connectivity index (χ0) is 19.4. The highest BCUT2D eigenvalue weighted by Gasteiger charge is 2.29. The summed E-state index contributed by atoms with van der Waals surface area (Å²) < 4.78 is 10.4. The van der Waals surface area contributed by atoms with E-state index in [9.17, 15) is 9.59 Å². The number of amides is 1. The van der Waals surface area contributed by atoms with Crippen LogP contribution in [0.3, 0.4) is 0 Å². The van der Waals surface area contributed by atoms with Crippen molar-refractivity contribution in [1.29, 1.82) is 0 Å². The maximum atomic E-state index is 12.9. The number of fused-ring (bicyclic) bond motifs is 1. The summed E-state index contributed by atoms with van der Waals surface area (Å²) in [5, 5.41) is 0.629. The first-order chi connectivity index (χ1) is 13.0. The van der Waals surface area contributed by atoms with Gasteiger partial charge >= 0.3 is 5.97 Å². The van der Waals surface area contributed by atoms with Crippen LogP contribution in [0.2, 0.25) is 5.02 Å². The van der Waals surface area contributed by atoms with Crippen molar-refractivity contribution in [1.82, 2.24) is 9.80 Å². The van der Waals surface area contributed by atoms with E-state index >= 15 is 0 Å². The molecule has 2 heterocycles. The molecule has 2 aliphatic rings. The Labute approximate surface area is 164 Å². The molecule has 1 fully saturated rings. The maximum Gasteiger partial charge on any atom is 0.306 e. The smallest absolute Gasteiger partial charge is 0.306 e. The third kappa shape index (κ3) is 4.84. The molecule has 1 unspecified atom stereocenters. The van der Waals surface area contributed by atoms with E-state index < -0.39 is 0 Å². The zero-order valence-corrected chi connectivity index (χ0v) is 16.6. The fourth-order valence-corrected chi connectivity index (χ4v) is 3.79. The molecule has 1 atom stereocenters. The highest BCUT2D eigenvalue weighted by atomic mass is 35.5. The summed E-state index contributed by atoms with van der Waals surface area (Å²) in [6, 6.07) is 5.58. The summed E-state index contributed by atoms with van der Waals surface area (Å²) in [5.74, 6) is 0.660. The van der Waals surface area contributed by atoms with E-state index in [1.165, 1.54) is 7.11 Å². The fraction of sp³-hybridized carbons (Fsp3) is 0.579. The van der Waals surface area contributed by atoms with Crippen molar-refractivity contribution in [2.24, 2.45) is 0 Å². The second kappa shape index (κ2) is 8.80. The van der Waals surface area contributed by atoms with Crippen LogP contribution in [-0.2, 0) is 14.3 Å². The van der Waals surface area contributed by atoms with E-state index in [1.54, 1.807) is 6.07 Å². The maximum absolute atomic E-state index is 12.9. The number of hydrogen-bond donors (Lipinski definition) is 0. The lowest BCUT2D eigenvalue weighted by Crippen LogP contribution is -2.56. The van der Waals surface area contributed by atoms with Crippen LogP contribution in [0.4, 0.5) is 5.69 Å². The van der Waals surface area contributed by atoms with Gasteiger partial charge in [0.2, 0.25) is 5.91 Å². The summed E-state index contributed by atoms with van der Waals surface area (Å²) in [7, 11) is 1.40. The van der Waals surface area contributed by atoms with Gasteiger partial charge in [0, 0.05) is 37.2 Å². The van der Waals surface area contributed by atoms with Crippen LogP contribution in [0.5, 0.6) is 5.75 Å². The van der Waals surface area contributed by atoms with Crippen molar-refractivity contribution >= 4 is 29.2 Å². The Bertz CT molecular complexity index is 700. The SMILES string of the molecule is COC(=O)CCN1CCN(C(=O)CN2CCOc3ccc(Cl)cc32)C(C)C1. The summed E-state index contributed by atoms with van der Waals surface area (Å²) in [6.45, 7) is 6.41. The molecule has 0 N–H and O–H groups in total. The molecule has 1 saturated heterocycles. The van der Waals surface area contributed by atoms with Gasteiger partial charge in [0.25, 0.3) is 0 Å². The van der Waals surface area contributed by atoms with Gasteiger partial charge in [-0.3, -0.25) is 14.5 Å². The van der Waals surface area contributed by atoms with E-state index in [0.717, 1.165) is 24.5 Å². The van der Waals surface area contributed by atoms with Gasteiger partial charge in [-0.25, -0.2) is 0 Å². The molecule has 7 nitrogen and oxygen atoms in total. The Kier molecular flexibility index (Phi) is 6.44. The first-order valence-electron chi connectivity index (χ1n) is 9.24. The molecular weight excluding hydrogens is 370 g/mol. The molecule has 1 aromatic rings. The Morgan fingerprint density at radius 3 is 2.85 bits per heavy atom. The van der Waals surface area contributed by atoms with Gasteiger partial charge in [-0.15, -0.1) is 0 Å². The van der Waals surface area contributed by atoms with Gasteiger partial charge in [-0.05, 0) is 25.1 Å². The molecule has 1 amide bonds. The Hall–Kier alpha value is -1.99. The number of benzene rings is 1. The minimum absolute atomic E-state index is 0.0999. The van der Waals surface area contributed by atoms with Crippen molar-refractivity contribution in [2.45, 2.75) is 19.4 Å². The number of ether oxygens (including phenoxy) is 2. The minimum atomic E-state index is -0.203. The van der Waals surface area contributed by atoms with E-state index in [1.807, 2.05) is 28.9 Å². The largest absolute Gasteiger partial charge is 0.490 e. The number of anilines is 1. The predicted molar refractivity (Wildman–Crippen MR) is 103 cm³/mol. The Balaban J connectivity index is 1.57.